The van der Waals surface area contributed by atoms with Crippen molar-refractivity contribution in [3.63, 3.8) is 0 Å². The van der Waals surface area contributed by atoms with Crippen LogP contribution in [0.4, 0.5) is 4.79 Å². The van der Waals surface area contributed by atoms with Crippen LogP contribution in [-0.4, -0.2) is 40.1 Å². The van der Waals surface area contributed by atoms with Gasteiger partial charge in [0.15, 0.2) is 5.82 Å². The van der Waals surface area contributed by atoms with Crippen LogP contribution >= 0.6 is 0 Å². The number of carbonyl (C=O) groups excluding carboxylic acids is 1. The quantitative estimate of drug-likeness (QED) is 0.751. The van der Waals surface area contributed by atoms with Crippen LogP contribution in [0.3, 0.4) is 0 Å². The highest BCUT2D eigenvalue weighted by atomic mass is 16.5. The summed E-state index contributed by atoms with van der Waals surface area (Å²) >= 11 is 0. The predicted octanol–water partition coefficient (Wildman–Crippen LogP) is 1.69. The minimum absolute atomic E-state index is 0.203. The zero-order chi connectivity index (χ0) is 15.8. The van der Waals surface area contributed by atoms with Crippen molar-refractivity contribution < 1.29 is 9.53 Å². The molecule has 0 radical (unpaired) electrons. The first kappa shape index (κ1) is 16.7. The maximum Gasteiger partial charge on any atom is 0.315 e. The first-order chi connectivity index (χ1) is 10.7. The van der Waals surface area contributed by atoms with Crippen LogP contribution in [0, 0.1) is 5.92 Å². The second kappa shape index (κ2) is 8.73. The molecule has 1 aromatic heterocycles. The van der Waals surface area contributed by atoms with E-state index in [1.54, 1.807) is 6.33 Å². The molecule has 0 bridgehead atoms. The summed E-state index contributed by atoms with van der Waals surface area (Å²) < 4.78 is 7.76. The number of nitrogens with one attached hydrogen (secondary N) is 2. The fourth-order valence-electron chi connectivity index (χ4n) is 2.81. The predicted molar refractivity (Wildman–Crippen MR) is 83.3 cm³/mol. The number of nitrogens with zero attached hydrogens (tertiary/aromatic N) is 3. The van der Waals surface area contributed by atoms with E-state index in [0.717, 1.165) is 18.8 Å². The summed E-state index contributed by atoms with van der Waals surface area (Å²) in [4.78, 5) is 11.7. The van der Waals surface area contributed by atoms with E-state index in [4.69, 9.17) is 4.74 Å². The number of ether oxygens (including phenoxy) is 1. The van der Waals surface area contributed by atoms with Crippen molar-refractivity contribution >= 4 is 6.03 Å². The Morgan fingerprint density at radius 2 is 2.23 bits per heavy atom. The maximum absolute atomic E-state index is 11.7. The zero-order valence-corrected chi connectivity index (χ0v) is 13.5. The van der Waals surface area contributed by atoms with E-state index in [1.807, 2.05) is 11.5 Å². The number of hydrogen-bond acceptors (Lipinski definition) is 4. The fourth-order valence-corrected chi connectivity index (χ4v) is 2.81. The van der Waals surface area contributed by atoms with Crippen molar-refractivity contribution in [1.29, 1.82) is 0 Å². The van der Waals surface area contributed by atoms with Gasteiger partial charge >= 0.3 is 6.03 Å². The van der Waals surface area contributed by atoms with Crippen LogP contribution in [-0.2, 0) is 17.8 Å². The molecule has 0 aliphatic heterocycles. The van der Waals surface area contributed by atoms with Crippen molar-refractivity contribution in [2.24, 2.45) is 5.92 Å². The summed E-state index contributed by atoms with van der Waals surface area (Å²) in [6, 6.07) is -0.203. The molecule has 7 nitrogen and oxygen atoms in total. The van der Waals surface area contributed by atoms with E-state index in [1.165, 1.54) is 19.3 Å². The molecular weight excluding hydrogens is 282 g/mol. The van der Waals surface area contributed by atoms with E-state index in [9.17, 15) is 4.79 Å². The van der Waals surface area contributed by atoms with Crippen molar-refractivity contribution in [2.45, 2.75) is 58.7 Å². The average molecular weight is 309 g/mol. The molecule has 7 heteroatoms. The summed E-state index contributed by atoms with van der Waals surface area (Å²) in [5.74, 6) is 1.38. The molecule has 0 spiro atoms. The lowest BCUT2D eigenvalue weighted by Gasteiger charge is -2.28. The van der Waals surface area contributed by atoms with Gasteiger partial charge in [-0.25, -0.2) is 4.79 Å². The van der Waals surface area contributed by atoms with E-state index in [-0.39, 0.29) is 6.03 Å². The molecular formula is C15H27N5O2. The van der Waals surface area contributed by atoms with Gasteiger partial charge in [0.2, 0.25) is 0 Å². The van der Waals surface area contributed by atoms with Crippen molar-refractivity contribution in [3.8, 4) is 0 Å². The molecule has 1 fully saturated rings. The Hall–Kier alpha value is -1.63. The number of hydrogen-bond donors (Lipinski definition) is 2. The molecule has 22 heavy (non-hydrogen) atoms. The minimum atomic E-state index is -0.203. The van der Waals surface area contributed by atoms with Gasteiger partial charge in [-0.1, -0.05) is 19.8 Å². The van der Waals surface area contributed by atoms with E-state index >= 15 is 0 Å². The highest BCUT2D eigenvalue weighted by Crippen LogP contribution is 2.25. The third-order valence-electron chi connectivity index (χ3n) is 4.20. The minimum Gasteiger partial charge on any atom is -0.376 e. The number of amides is 2. The Kier molecular flexibility index (Phi) is 6.64. The number of aromatic nitrogens is 3. The fraction of sp³-hybridized carbons (Fsp3) is 0.800. The molecule has 0 aromatic carbocycles. The van der Waals surface area contributed by atoms with Gasteiger partial charge in [0.05, 0.1) is 19.3 Å². The van der Waals surface area contributed by atoms with Gasteiger partial charge in [-0.05, 0) is 25.7 Å². The second-order valence-electron chi connectivity index (χ2n) is 5.81. The smallest absolute Gasteiger partial charge is 0.315 e. The molecule has 1 aromatic rings. The highest BCUT2D eigenvalue weighted by molar-refractivity contribution is 5.73. The summed E-state index contributed by atoms with van der Waals surface area (Å²) in [5, 5.41) is 13.4. The average Bonchev–Trinajstić information content (AvgIpc) is 2.98. The molecule has 2 amide bonds. The number of carbonyl (C=O) groups is 1. The maximum atomic E-state index is 11.7. The van der Waals surface area contributed by atoms with Gasteiger partial charge < -0.3 is 19.9 Å². The molecule has 1 heterocycles. The zero-order valence-electron chi connectivity index (χ0n) is 13.5. The first-order valence-electron chi connectivity index (χ1n) is 8.20. The van der Waals surface area contributed by atoms with Crippen LogP contribution in [0.15, 0.2) is 6.33 Å². The Morgan fingerprint density at radius 1 is 1.41 bits per heavy atom. The number of aryl methyl sites for hydroxylation is 1. The molecule has 1 saturated carbocycles. The highest BCUT2D eigenvalue weighted by Gasteiger charge is 2.21. The van der Waals surface area contributed by atoms with Crippen LogP contribution in [0.1, 0.15) is 45.4 Å². The monoisotopic (exact) mass is 309 g/mol. The molecule has 0 unspecified atom stereocenters. The van der Waals surface area contributed by atoms with Gasteiger partial charge in [-0.2, -0.15) is 0 Å². The third-order valence-corrected chi connectivity index (χ3v) is 4.20. The third kappa shape index (κ3) is 4.98. The van der Waals surface area contributed by atoms with Gasteiger partial charge in [-0.3, -0.25) is 0 Å². The van der Waals surface area contributed by atoms with Crippen molar-refractivity contribution in [3.05, 3.63) is 12.2 Å². The van der Waals surface area contributed by atoms with Crippen LogP contribution in [0.25, 0.3) is 0 Å². The summed E-state index contributed by atoms with van der Waals surface area (Å²) in [7, 11) is 0. The number of urea groups is 1. The van der Waals surface area contributed by atoms with Crippen molar-refractivity contribution in [1.82, 2.24) is 25.4 Å². The van der Waals surface area contributed by atoms with E-state index in [2.05, 4.69) is 27.8 Å². The lowest BCUT2D eigenvalue weighted by Crippen LogP contribution is -2.38. The largest absolute Gasteiger partial charge is 0.376 e. The standard InChI is InChI=1S/C15H27N5O2/c1-3-20-11-18-19-14(20)10-17-15(21)16-8-9-22-13-7-5-4-6-12(13)2/h11-13H,3-10H2,1-2H3,(H2,16,17,21)/t12-,13-/m0/s1. The Balaban J connectivity index is 1.58. The summed E-state index contributed by atoms with van der Waals surface area (Å²) in [6.07, 6.45) is 6.96. The molecule has 1 aliphatic rings. The SMILES string of the molecule is CCn1cnnc1CNC(=O)NCCO[C@H]1CCCC[C@@H]1C. The van der Waals surface area contributed by atoms with Gasteiger partial charge in [0.1, 0.15) is 6.33 Å². The van der Waals surface area contributed by atoms with Crippen molar-refractivity contribution in [2.75, 3.05) is 13.2 Å². The first-order valence-corrected chi connectivity index (χ1v) is 8.20. The molecule has 2 rings (SSSR count). The lowest BCUT2D eigenvalue weighted by atomic mass is 9.88. The normalized spacial score (nSPS) is 21.5. The van der Waals surface area contributed by atoms with Crippen LogP contribution in [0.5, 0.6) is 0 Å². The second-order valence-corrected chi connectivity index (χ2v) is 5.81. The molecule has 1 aliphatic carbocycles. The van der Waals surface area contributed by atoms with Gasteiger partial charge in [0, 0.05) is 13.1 Å². The van der Waals surface area contributed by atoms with E-state index in [0.29, 0.717) is 31.7 Å². The van der Waals surface area contributed by atoms with Crippen LogP contribution < -0.4 is 10.6 Å². The molecule has 0 saturated heterocycles. The number of rotatable bonds is 7. The van der Waals surface area contributed by atoms with Gasteiger partial charge in [-0.15, -0.1) is 10.2 Å². The molecule has 2 N–H and O–H groups in total. The lowest BCUT2D eigenvalue weighted by molar-refractivity contribution is -0.00243. The summed E-state index contributed by atoms with van der Waals surface area (Å²) in [5.41, 5.74) is 0. The Morgan fingerprint density at radius 3 is 3.00 bits per heavy atom. The molecule has 2 atom stereocenters. The summed E-state index contributed by atoms with van der Waals surface area (Å²) in [6.45, 7) is 6.51. The van der Waals surface area contributed by atoms with Crippen LogP contribution in [0.2, 0.25) is 0 Å². The topological polar surface area (TPSA) is 81.1 Å². The molecule has 124 valence electrons. The van der Waals surface area contributed by atoms with E-state index < -0.39 is 0 Å². The van der Waals surface area contributed by atoms with Gasteiger partial charge in [0.25, 0.3) is 0 Å². The Bertz CT molecular complexity index is 463. The Labute approximate surface area is 131 Å².